The summed E-state index contributed by atoms with van der Waals surface area (Å²) in [6.07, 6.45) is 0.701. The molecule has 3 N–H and O–H groups in total. The minimum atomic E-state index is -0.428. The molecule has 0 aliphatic heterocycles. The van der Waals surface area contributed by atoms with E-state index in [1.165, 1.54) is 0 Å². The zero-order valence-corrected chi connectivity index (χ0v) is 12.2. The molecule has 1 amide bonds. The van der Waals surface area contributed by atoms with Gasteiger partial charge in [0.05, 0.1) is 6.04 Å². The molecule has 0 heterocycles. The van der Waals surface area contributed by atoms with E-state index in [0.717, 1.165) is 5.56 Å². The third-order valence-electron chi connectivity index (χ3n) is 2.44. The lowest BCUT2D eigenvalue weighted by Crippen LogP contribution is -2.40. The van der Waals surface area contributed by atoms with E-state index in [4.69, 9.17) is 17.3 Å². The van der Waals surface area contributed by atoms with Crippen LogP contribution in [0.2, 0.25) is 5.02 Å². The summed E-state index contributed by atoms with van der Waals surface area (Å²) in [5.41, 5.74) is 6.79. The van der Waals surface area contributed by atoms with E-state index in [0.29, 0.717) is 23.9 Å². The Labute approximate surface area is 119 Å². The van der Waals surface area contributed by atoms with E-state index in [-0.39, 0.29) is 18.3 Å². The van der Waals surface area contributed by atoms with Gasteiger partial charge in [-0.25, -0.2) is 0 Å². The number of hydrogen-bond acceptors (Lipinski definition) is 2. The zero-order chi connectivity index (χ0) is 12.8. The Morgan fingerprint density at radius 3 is 2.39 bits per heavy atom. The number of nitrogens with one attached hydrogen (secondary N) is 1. The molecule has 0 saturated carbocycles. The summed E-state index contributed by atoms with van der Waals surface area (Å²) in [4.78, 5) is 11.7. The molecule has 0 spiro atoms. The molecule has 0 aliphatic rings. The molecule has 1 aromatic carbocycles. The fraction of sp³-hybridized carbons (Fsp3) is 0.462. The van der Waals surface area contributed by atoms with Gasteiger partial charge in [-0.05, 0) is 30.0 Å². The molecule has 1 aromatic rings. The topological polar surface area (TPSA) is 55.1 Å². The molecule has 0 aromatic heterocycles. The maximum absolute atomic E-state index is 11.7. The van der Waals surface area contributed by atoms with Crippen LogP contribution in [0.15, 0.2) is 24.3 Å². The zero-order valence-electron chi connectivity index (χ0n) is 10.7. The van der Waals surface area contributed by atoms with E-state index >= 15 is 0 Å². The van der Waals surface area contributed by atoms with Gasteiger partial charge in [-0.15, -0.1) is 12.4 Å². The van der Waals surface area contributed by atoms with Gasteiger partial charge in [0.25, 0.3) is 0 Å². The van der Waals surface area contributed by atoms with Crippen LogP contribution in [0.25, 0.3) is 0 Å². The van der Waals surface area contributed by atoms with Crippen molar-refractivity contribution in [3.05, 3.63) is 34.9 Å². The highest BCUT2D eigenvalue weighted by Crippen LogP contribution is 2.09. The number of carbonyl (C=O) groups excluding carboxylic acids is 1. The third kappa shape index (κ3) is 6.24. The number of benzene rings is 1. The summed E-state index contributed by atoms with van der Waals surface area (Å²) >= 11 is 5.77. The highest BCUT2D eigenvalue weighted by atomic mass is 35.5. The second kappa shape index (κ2) is 8.35. The summed E-state index contributed by atoms with van der Waals surface area (Å²) in [6.45, 7) is 4.58. The van der Waals surface area contributed by atoms with Crippen molar-refractivity contribution in [3.63, 3.8) is 0 Å². The van der Waals surface area contributed by atoms with Crippen molar-refractivity contribution in [1.82, 2.24) is 5.32 Å². The van der Waals surface area contributed by atoms with Gasteiger partial charge in [0.15, 0.2) is 0 Å². The standard InChI is InChI=1S/C13H19ClN2O.ClH/c1-9(2)7-12(15)13(17)16-8-10-3-5-11(14)6-4-10;/h3-6,9,12H,7-8,15H2,1-2H3,(H,16,17);1H/t12-;/m0./s1. The molecule has 0 fully saturated rings. The predicted molar refractivity (Wildman–Crippen MR) is 78.0 cm³/mol. The molecule has 1 rings (SSSR count). The van der Waals surface area contributed by atoms with Crippen LogP contribution in [-0.4, -0.2) is 11.9 Å². The Hall–Kier alpha value is -0.770. The number of halogens is 2. The van der Waals surface area contributed by atoms with Gasteiger partial charge >= 0.3 is 0 Å². The molecule has 0 saturated heterocycles. The molecule has 0 radical (unpaired) electrons. The highest BCUT2D eigenvalue weighted by Gasteiger charge is 2.14. The highest BCUT2D eigenvalue weighted by molar-refractivity contribution is 6.30. The van der Waals surface area contributed by atoms with Gasteiger partial charge in [0.1, 0.15) is 0 Å². The number of amides is 1. The first kappa shape index (κ1) is 17.2. The van der Waals surface area contributed by atoms with Crippen molar-refractivity contribution in [1.29, 1.82) is 0 Å². The lowest BCUT2D eigenvalue weighted by Gasteiger charge is -2.14. The van der Waals surface area contributed by atoms with Gasteiger partial charge in [-0.3, -0.25) is 4.79 Å². The van der Waals surface area contributed by atoms with Crippen LogP contribution in [-0.2, 0) is 11.3 Å². The number of nitrogens with two attached hydrogens (primary N) is 1. The van der Waals surface area contributed by atoms with Crippen LogP contribution in [0.1, 0.15) is 25.8 Å². The SMILES string of the molecule is CC(C)C[C@H](N)C(=O)NCc1ccc(Cl)cc1.Cl. The Morgan fingerprint density at radius 1 is 1.33 bits per heavy atom. The quantitative estimate of drug-likeness (QED) is 0.876. The Balaban J connectivity index is 0.00000289. The van der Waals surface area contributed by atoms with Gasteiger partial charge < -0.3 is 11.1 Å². The maximum atomic E-state index is 11.7. The molecule has 3 nitrogen and oxygen atoms in total. The van der Waals surface area contributed by atoms with E-state index in [1.807, 2.05) is 26.0 Å². The average molecular weight is 291 g/mol. The summed E-state index contributed by atoms with van der Waals surface area (Å²) in [7, 11) is 0. The second-order valence-corrected chi connectivity index (χ2v) is 5.02. The largest absolute Gasteiger partial charge is 0.351 e. The summed E-state index contributed by atoms with van der Waals surface area (Å²) < 4.78 is 0. The van der Waals surface area contributed by atoms with E-state index in [1.54, 1.807) is 12.1 Å². The average Bonchev–Trinajstić information content (AvgIpc) is 2.27. The van der Waals surface area contributed by atoms with Crippen LogP contribution in [0.3, 0.4) is 0 Å². The van der Waals surface area contributed by atoms with Gasteiger partial charge in [-0.2, -0.15) is 0 Å². The molecule has 5 heteroatoms. The Bertz CT molecular complexity index is 366. The molecule has 0 aliphatic carbocycles. The fourth-order valence-corrected chi connectivity index (χ4v) is 1.66. The molecular formula is C13H20Cl2N2O. The third-order valence-corrected chi connectivity index (χ3v) is 2.69. The maximum Gasteiger partial charge on any atom is 0.237 e. The van der Waals surface area contributed by atoms with E-state index in [9.17, 15) is 4.79 Å². The van der Waals surface area contributed by atoms with Crippen molar-refractivity contribution < 1.29 is 4.79 Å². The van der Waals surface area contributed by atoms with E-state index in [2.05, 4.69) is 5.32 Å². The smallest absolute Gasteiger partial charge is 0.237 e. The van der Waals surface area contributed by atoms with Crippen LogP contribution in [0, 0.1) is 5.92 Å². The van der Waals surface area contributed by atoms with Crippen molar-refractivity contribution >= 4 is 29.9 Å². The molecule has 0 bridgehead atoms. The molecule has 102 valence electrons. The molecule has 0 unspecified atom stereocenters. The minimum Gasteiger partial charge on any atom is -0.351 e. The van der Waals surface area contributed by atoms with Gasteiger partial charge in [0, 0.05) is 11.6 Å². The Morgan fingerprint density at radius 2 is 1.89 bits per heavy atom. The lowest BCUT2D eigenvalue weighted by molar-refractivity contribution is -0.122. The number of rotatable bonds is 5. The predicted octanol–water partition coefficient (Wildman–Crippen LogP) is 2.75. The summed E-state index contributed by atoms with van der Waals surface area (Å²) in [6, 6.07) is 6.95. The number of hydrogen-bond donors (Lipinski definition) is 2. The van der Waals surface area contributed by atoms with Crippen molar-refractivity contribution in [2.75, 3.05) is 0 Å². The Kier molecular flexibility index (Phi) is 8.00. The lowest BCUT2D eigenvalue weighted by atomic mass is 10.0. The molecule has 18 heavy (non-hydrogen) atoms. The minimum absolute atomic E-state index is 0. The van der Waals surface area contributed by atoms with Crippen LogP contribution >= 0.6 is 24.0 Å². The normalized spacial score (nSPS) is 11.8. The first-order valence-electron chi connectivity index (χ1n) is 5.76. The van der Waals surface area contributed by atoms with Crippen LogP contribution < -0.4 is 11.1 Å². The van der Waals surface area contributed by atoms with Gasteiger partial charge in [0.2, 0.25) is 5.91 Å². The van der Waals surface area contributed by atoms with Crippen molar-refractivity contribution in [3.8, 4) is 0 Å². The molecular weight excluding hydrogens is 271 g/mol. The first-order chi connectivity index (χ1) is 7.99. The fourth-order valence-electron chi connectivity index (χ4n) is 1.54. The first-order valence-corrected chi connectivity index (χ1v) is 6.14. The summed E-state index contributed by atoms with van der Waals surface area (Å²) in [5.74, 6) is 0.319. The van der Waals surface area contributed by atoms with Gasteiger partial charge in [-0.1, -0.05) is 37.6 Å². The molecule has 1 atom stereocenters. The van der Waals surface area contributed by atoms with Crippen molar-refractivity contribution in [2.45, 2.75) is 32.9 Å². The summed E-state index contributed by atoms with van der Waals surface area (Å²) in [5, 5.41) is 3.51. The van der Waals surface area contributed by atoms with Crippen LogP contribution in [0.5, 0.6) is 0 Å². The van der Waals surface area contributed by atoms with Crippen LogP contribution in [0.4, 0.5) is 0 Å². The van der Waals surface area contributed by atoms with Crippen molar-refractivity contribution in [2.24, 2.45) is 11.7 Å². The number of carbonyl (C=O) groups is 1. The second-order valence-electron chi connectivity index (χ2n) is 4.58. The van der Waals surface area contributed by atoms with E-state index < -0.39 is 6.04 Å². The monoisotopic (exact) mass is 290 g/mol.